The van der Waals surface area contributed by atoms with Gasteiger partial charge < -0.3 is 5.11 Å². The number of hydrogen-bond donors (Lipinski definition) is 1. The van der Waals surface area contributed by atoms with Crippen LogP contribution >= 0.6 is 34.4 Å². The SMILES string of the molecule is O=C(O)c1cnc(Sc2nnc(-c3cccs3)n2-c2cccnc2)s1. The Kier molecular flexibility index (Phi) is 4.30. The summed E-state index contributed by atoms with van der Waals surface area (Å²) >= 11 is 3.95. The molecule has 0 fully saturated rings. The Balaban J connectivity index is 1.78. The number of thiophene rings is 1. The number of carboxylic acids is 1. The zero-order valence-corrected chi connectivity index (χ0v) is 14.9. The maximum Gasteiger partial charge on any atom is 0.347 e. The second-order valence-corrected chi connectivity index (χ2v) is 7.92. The van der Waals surface area contributed by atoms with Crippen LogP contribution in [0.2, 0.25) is 0 Å². The highest BCUT2D eigenvalue weighted by Gasteiger charge is 2.19. The summed E-state index contributed by atoms with van der Waals surface area (Å²) in [5.41, 5.74) is 0.827. The molecule has 0 aliphatic carbocycles. The van der Waals surface area contributed by atoms with Crippen LogP contribution in [-0.2, 0) is 0 Å². The summed E-state index contributed by atoms with van der Waals surface area (Å²) in [6.07, 6.45) is 4.78. The average Bonchev–Trinajstić information content (AvgIpc) is 3.36. The monoisotopic (exact) mass is 387 g/mol. The minimum absolute atomic E-state index is 0.188. The van der Waals surface area contributed by atoms with Crippen LogP contribution in [0.4, 0.5) is 0 Å². The van der Waals surface area contributed by atoms with Crippen LogP contribution in [0.15, 0.2) is 57.7 Å². The quantitative estimate of drug-likeness (QED) is 0.558. The van der Waals surface area contributed by atoms with Gasteiger partial charge in [-0.15, -0.1) is 32.9 Å². The zero-order chi connectivity index (χ0) is 17.2. The molecule has 0 amide bonds. The fraction of sp³-hybridized carbons (Fsp3) is 0. The van der Waals surface area contributed by atoms with Gasteiger partial charge in [0.1, 0.15) is 4.88 Å². The lowest BCUT2D eigenvalue weighted by Gasteiger charge is -2.07. The third-order valence-corrected chi connectivity index (χ3v) is 6.03. The first-order valence-corrected chi connectivity index (χ1v) is 9.50. The van der Waals surface area contributed by atoms with Gasteiger partial charge >= 0.3 is 5.97 Å². The molecule has 124 valence electrons. The highest BCUT2D eigenvalue weighted by Crippen LogP contribution is 2.35. The van der Waals surface area contributed by atoms with Crippen LogP contribution in [0, 0.1) is 0 Å². The van der Waals surface area contributed by atoms with Gasteiger partial charge in [0.15, 0.2) is 10.2 Å². The molecule has 4 rings (SSSR count). The van der Waals surface area contributed by atoms with Crippen molar-refractivity contribution in [2.75, 3.05) is 0 Å². The van der Waals surface area contributed by atoms with Crippen LogP contribution < -0.4 is 0 Å². The number of thiazole rings is 1. The Morgan fingerprint density at radius 3 is 2.80 bits per heavy atom. The molecule has 10 heteroatoms. The van der Waals surface area contributed by atoms with Crippen molar-refractivity contribution in [1.29, 1.82) is 0 Å². The number of aromatic carboxylic acids is 1. The number of hydrogen-bond acceptors (Lipinski definition) is 8. The number of carbonyl (C=O) groups is 1. The number of nitrogens with zero attached hydrogens (tertiary/aromatic N) is 5. The molecule has 4 heterocycles. The van der Waals surface area contributed by atoms with Crippen LogP contribution in [0.3, 0.4) is 0 Å². The van der Waals surface area contributed by atoms with E-state index in [9.17, 15) is 4.79 Å². The van der Waals surface area contributed by atoms with Gasteiger partial charge in [-0.1, -0.05) is 6.07 Å². The Morgan fingerprint density at radius 1 is 1.20 bits per heavy atom. The molecule has 1 N–H and O–H groups in total. The molecule has 4 aromatic rings. The summed E-state index contributed by atoms with van der Waals surface area (Å²) in [5, 5.41) is 20.2. The van der Waals surface area contributed by atoms with Crippen LogP contribution in [0.25, 0.3) is 16.4 Å². The largest absolute Gasteiger partial charge is 0.477 e. The van der Waals surface area contributed by atoms with E-state index in [0.717, 1.165) is 21.9 Å². The summed E-state index contributed by atoms with van der Waals surface area (Å²) < 4.78 is 2.48. The third kappa shape index (κ3) is 3.18. The van der Waals surface area contributed by atoms with E-state index in [1.54, 1.807) is 23.7 Å². The molecule has 0 radical (unpaired) electrons. The van der Waals surface area contributed by atoms with Crippen molar-refractivity contribution in [2.45, 2.75) is 9.50 Å². The van der Waals surface area contributed by atoms with Gasteiger partial charge in [-0.3, -0.25) is 9.55 Å². The molecular weight excluding hydrogens is 378 g/mol. The summed E-state index contributed by atoms with van der Waals surface area (Å²) in [5.74, 6) is -0.280. The normalized spacial score (nSPS) is 10.9. The highest BCUT2D eigenvalue weighted by atomic mass is 32.2. The Morgan fingerprint density at radius 2 is 2.12 bits per heavy atom. The molecule has 7 nitrogen and oxygen atoms in total. The minimum atomic E-state index is -0.989. The van der Waals surface area contributed by atoms with Crippen molar-refractivity contribution in [2.24, 2.45) is 0 Å². The summed E-state index contributed by atoms with van der Waals surface area (Å²) in [6.45, 7) is 0. The second-order valence-electron chi connectivity index (χ2n) is 4.73. The summed E-state index contributed by atoms with van der Waals surface area (Å²) in [4.78, 5) is 20.5. The lowest BCUT2D eigenvalue weighted by Crippen LogP contribution is -1.99. The molecular formula is C15H9N5O2S3. The minimum Gasteiger partial charge on any atom is -0.477 e. The fourth-order valence-electron chi connectivity index (χ4n) is 2.10. The van der Waals surface area contributed by atoms with Crippen molar-refractivity contribution in [1.82, 2.24) is 24.7 Å². The van der Waals surface area contributed by atoms with E-state index in [1.807, 2.05) is 34.2 Å². The smallest absolute Gasteiger partial charge is 0.347 e. The second kappa shape index (κ2) is 6.75. The molecule has 0 spiro atoms. The maximum atomic E-state index is 11.0. The van der Waals surface area contributed by atoms with E-state index in [2.05, 4.69) is 20.2 Å². The number of carboxylic acid groups (broad SMARTS) is 1. The Bertz CT molecular complexity index is 1010. The van der Waals surface area contributed by atoms with Crippen LogP contribution in [0.1, 0.15) is 9.67 Å². The highest BCUT2D eigenvalue weighted by molar-refractivity contribution is 8.00. The molecule has 0 saturated carbocycles. The van der Waals surface area contributed by atoms with E-state index < -0.39 is 5.97 Å². The lowest BCUT2D eigenvalue weighted by molar-refractivity contribution is 0.0702. The standard InChI is InChI=1S/C15H9N5O2S3/c21-13(22)11-8-17-15(24-11)25-14-19-18-12(10-4-2-6-23-10)20(14)9-3-1-5-16-7-9/h1-8H,(H,21,22). The van der Waals surface area contributed by atoms with Crippen LogP contribution in [0.5, 0.6) is 0 Å². The Labute approximate surface area is 154 Å². The predicted molar refractivity (Wildman–Crippen MR) is 95.7 cm³/mol. The van der Waals surface area contributed by atoms with Gasteiger partial charge in [0, 0.05) is 6.20 Å². The van der Waals surface area contributed by atoms with E-state index >= 15 is 0 Å². The first-order chi connectivity index (χ1) is 12.2. The Hall–Kier alpha value is -2.56. The summed E-state index contributed by atoms with van der Waals surface area (Å²) in [6, 6.07) is 7.69. The van der Waals surface area contributed by atoms with Gasteiger partial charge in [0.05, 0.1) is 23.0 Å². The molecule has 0 bridgehead atoms. The summed E-state index contributed by atoms with van der Waals surface area (Å²) in [7, 11) is 0. The fourth-order valence-corrected chi connectivity index (χ4v) is 4.57. The number of pyridine rings is 1. The van der Waals surface area contributed by atoms with Gasteiger partial charge in [0.25, 0.3) is 0 Å². The van der Waals surface area contributed by atoms with Gasteiger partial charge in [-0.25, -0.2) is 9.78 Å². The molecule has 0 unspecified atom stereocenters. The van der Waals surface area contributed by atoms with E-state index in [-0.39, 0.29) is 4.88 Å². The molecule has 0 atom stereocenters. The van der Waals surface area contributed by atoms with Gasteiger partial charge in [-0.05, 0) is 35.3 Å². The van der Waals surface area contributed by atoms with Crippen molar-refractivity contribution < 1.29 is 9.90 Å². The first kappa shape index (κ1) is 15.9. The zero-order valence-electron chi connectivity index (χ0n) is 12.4. The number of aromatic nitrogens is 5. The maximum absolute atomic E-state index is 11.0. The predicted octanol–water partition coefficient (Wildman–Crippen LogP) is 3.70. The van der Waals surface area contributed by atoms with Crippen molar-refractivity contribution in [3.05, 3.63) is 53.1 Å². The topological polar surface area (TPSA) is 93.8 Å². The molecule has 0 saturated heterocycles. The van der Waals surface area contributed by atoms with E-state index in [0.29, 0.717) is 15.3 Å². The first-order valence-electron chi connectivity index (χ1n) is 6.99. The molecule has 0 aliphatic rings. The average molecular weight is 387 g/mol. The molecule has 0 aromatic carbocycles. The molecule has 0 aliphatic heterocycles. The lowest BCUT2D eigenvalue weighted by atomic mass is 10.4. The van der Waals surface area contributed by atoms with Crippen LogP contribution in [-0.4, -0.2) is 35.8 Å². The van der Waals surface area contributed by atoms with Gasteiger partial charge in [0.2, 0.25) is 5.16 Å². The van der Waals surface area contributed by atoms with Crippen molar-refractivity contribution in [3.8, 4) is 16.4 Å². The van der Waals surface area contributed by atoms with Crippen molar-refractivity contribution in [3.63, 3.8) is 0 Å². The number of rotatable bonds is 5. The van der Waals surface area contributed by atoms with Crippen molar-refractivity contribution >= 4 is 40.4 Å². The van der Waals surface area contributed by atoms with Gasteiger partial charge in [-0.2, -0.15) is 0 Å². The van der Waals surface area contributed by atoms with E-state index in [4.69, 9.17) is 5.11 Å². The third-order valence-electron chi connectivity index (χ3n) is 3.15. The van der Waals surface area contributed by atoms with E-state index in [1.165, 1.54) is 18.0 Å². The molecule has 4 aromatic heterocycles. The molecule has 25 heavy (non-hydrogen) atoms.